The zero-order chi connectivity index (χ0) is 35.6. The molecule has 0 N–H and O–H groups in total. The largest absolute Gasteiger partial charge is 0.460 e. The lowest BCUT2D eigenvalue weighted by molar-refractivity contribution is -0.161. The van der Waals surface area contributed by atoms with Gasteiger partial charge in [0.25, 0.3) is 0 Å². The Morgan fingerprint density at radius 2 is 0.708 bits per heavy atom. The number of carbonyl (C=O) groups is 2. The molecule has 48 heavy (non-hydrogen) atoms. The fourth-order valence-corrected chi connectivity index (χ4v) is 6.64. The molecule has 0 heterocycles. The Bertz CT molecular complexity index is 713. The Hall–Kier alpha value is -0.900. The Morgan fingerprint density at radius 3 is 1.04 bits per heavy atom. The van der Waals surface area contributed by atoms with Gasteiger partial charge in [0.2, 0.25) is 0 Å². The van der Waals surface area contributed by atoms with Crippen LogP contribution in [0.3, 0.4) is 0 Å². The molecule has 286 valence electrons. The maximum Gasteiger partial charge on any atom is 0.306 e. The molecule has 0 rings (SSSR count). The number of Topliss-reactive ketones (excluding diaryl/α,β-unsaturated/α-hetero) is 1. The van der Waals surface area contributed by atoms with Gasteiger partial charge in [0, 0.05) is 19.3 Å². The maximum atomic E-state index is 12.8. The highest BCUT2D eigenvalue weighted by Gasteiger charge is 2.29. The standard InChI is InChI=1S/C44H86O4/c1-7-9-11-13-15-17-19-21-23-25-27-29-31-33-35-37-41(45)44(5,6)47-40-39-43(3,4)48-42(46)38-36-34-32-30-28-26-24-22-20-18-16-14-12-10-8-2/h7-40H2,1-6H3. The van der Waals surface area contributed by atoms with E-state index >= 15 is 0 Å². The van der Waals surface area contributed by atoms with E-state index in [2.05, 4.69) is 13.8 Å². The minimum atomic E-state index is -0.788. The molecular weight excluding hydrogens is 592 g/mol. The summed E-state index contributed by atoms with van der Waals surface area (Å²) < 4.78 is 11.8. The van der Waals surface area contributed by atoms with Crippen molar-refractivity contribution in [3.05, 3.63) is 0 Å². The lowest BCUT2D eigenvalue weighted by Crippen LogP contribution is -2.37. The second-order valence-corrected chi connectivity index (χ2v) is 16.2. The average molecular weight is 679 g/mol. The highest BCUT2D eigenvalue weighted by Crippen LogP contribution is 2.22. The highest BCUT2D eigenvalue weighted by atomic mass is 16.6. The van der Waals surface area contributed by atoms with Gasteiger partial charge in [0.05, 0.1) is 6.61 Å². The molecule has 4 heteroatoms. The van der Waals surface area contributed by atoms with Gasteiger partial charge in [-0.3, -0.25) is 9.59 Å². The molecule has 0 saturated heterocycles. The Kier molecular flexibility index (Phi) is 32.6. The van der Waals surface area contributed by atoms with Crippen molar-refractivity contribution in [1.29, 1.82) is 0 Å². The van der Waals surface area contributed by atoms with Gasteiger partial charge in [0.1, 0.15) is 11.2 Å². The molecule has 4 nitrogen and oxygen atoms in total. The second kappa shape index (κ2) is 33.3. The van der Waals surface area contributed by atoms with Crippen LogP contribution in [0, 0.1) is 0 Å². The highest BCUT2D eigenvalue weighted by molar-refractivity contribution is 5.86. The Labute approximate surface area is 301 Å². The number of esters is 1. The minimum absolute atomic E-state index is 0.113. The summed E-state index contributed by atoms with van der Waals surface area (Å²) in [6.07, 6.45) is 41.4. The van der Waals surface area contributed by atoms with Gasteiger partial charge in [-0.1, -0.05) is 194 Å². The quantitative estimate of drug-likeness (QED) is 0.0482. The zero-order valence-corrected chi connectivity index (χ0v) is 33.7. The van der Waals surface area contributed by atoms with Crippen LogP contribution in [-0.2, 0) is 19.1 Å². The first-order chi connectivity index (χ1) is 23.1. The van der Waals surface area contributed by atoms with E-state index in [-0.39, 0.29) is 11.8 Å². The van der Waals surface area contributed by atoms with Gasteiger partial charge in [-0.25, -0.2) is 0 Å². The van der Waals surface area contributed by atoms with Crippen LogP contribution >= 0.6 is 0 Å². The molecule has 0 saturated carbocycles. The molecule has 0 spiro atoms. The molecule has 0 fully saturated rings. The van der Waals surface area contributed by atoms with Crippen LogP contribution in [0.5, 0.6) is 0 Å². The first kappa shape index (κ1) is 47.1. The van der Waals surface area contributed by atoms with Crippen molar-refractivity contribution in [1.82, 2.24) is 0 Å². The molecule has 0 unspecified atom stereocenters. The van der Waals surface area contributed by atoms with Crippen LogP contribution in [0.15, 0.2) is 0 Å². The predicted molar refractivity (Wildman–Crippen MR) is 209 cm³/mol. The third-order valence-electron chi connectivity index (χ3n) is 10.2. The number of ketones is 1. The van der Waals surface area contributed by atoms with E-state index in [0.717, 1.165) is 25.7 Å². The Balaban J connectivity index is 3.72. The molecule has 0 radical (unpaired) electrons. The smallest absolute Gasteiger partial charge is 0.306 e. The Morgan fingerprint density at radius 1 is 0.417 bits per heavy atom. The summed E-state index contributed by atoms with van der Waals surface area (Å²) in [6, 6.07) is 0. The van der Waals surface area contributed by atoms with Crippen molar-refractivity contribution >= 4 is 11.8 Å². The molecule has 0 bridgehead atoms. The number of unbranched alkanes of at least 4 members (excludes halogenated alkanes) is 28. The lowest BCUT2D eigenvalue weighted by Gasteiger charge is -2.29. The third kappa shape index (κ3) is 32.3. The monoisotopic (exact) mass is 679 g/mol. The van der Waals surface area contributed by atoms with E-state index in [9.17, 15) is 9.59 Å². The molecule has 0 aromatic carbocycles. The number of ether oxygens (including phenoxy) is 2. The van der Waals surface area contributed by atoms with Crippen molar-refractivity contribution in [2.45, 2.75) is 265 Å². The fraction of sp³-hybridized carbons (Fsp3) is 0.955. The van der Waals surface area contributed by atoms with Crippen LogP contribution < -0.4 is 0 Å². The van der Waals surface area contributed by atoms with Crippen molar-refractivity contribution in [2.24, 2.45) is 0 Å². The van der Waals surface area contributed by atoms with Crippen molar-refractivity contribution in [3.8, 4) is 0 Å². The normalized spacial score (nSPS) is 12.1. The van der Waals surface area contributed by atoms with Crippen LogP contribution in [0.1, 0.15) is 253 Å². The topological polar surface area (TPSA) is 52.6 Å². The van der Waals surface area contributed by atoms with Gasteiger partial charge in [-0.15, -0.1) is 0 Å². The van der Waals surface area contributed by atoms with Gasteiger partial charge >= 0.3 is 5.97 Å². The third-order valence-corrected chi connectivity index (χ3v) is 10.2. The molecule has 0 aliphatic rings. The molecular formula is C44H86O4. The van der Waals surface area contributed by atoms with Crippen LogP contribution in [0.4, 0.5) is 0 Å². The summed E-state index contributed by atoms with van der Waals surface area (Å²) in [5, 5.41) is 0. The summed E-state index contributed by atoms with van der Waals surface area (Å²) in [5.74, 6) is 0.0679. The number of rotatable bonds is 38. The molecule has 0 aromatic heterocycles. The molecule has 0 aliphatic heterocycles. The van der Waals surface area contributed by atoms with Crippen molar-refractivity contribution in [3.63, 3.8) is 0 Å². The minimum Gasteiger partial charge on any atom is -0.460 e. The number of hydrogen-bond donors (Lipinski definition) is 0. The van der Waals surface area contributed by atoms with Crippen molar-refractivity contribution in [2.75, 3.05) is 6.61 Å². The molecule has 0 amide bonds. The maximum absolute atomic E-state index is 12.8. The summed E-state index contributed by atoms with van der Waals surface area (Å²) in [6.45, 7) is 12.6. The van der Waals surface area contributed by atoms with E-state index < -0.39 is 11.2 Å². The van der Waals surface area contributed by atoms with Crippen LogP contribution in [0.25, 0.3) is 0 Å². The zero-order valence-electron chi connectivity index (χ0n) is 33.7. The summed E-state index contributed by atoms with van der Waals surface area (Å²) in [7, 11) is 0. The van der Waals surface area contributed by atoms with Gasteiger partial charge in [0.15, 0.2) is 5.78 Å². The van der Waals surface area contributed by atoms with Gasteiger partial charge < -0.3 is 9.47 Å². The predicted octanol–water partition coefficient (Wildman–Crippen LogP) is 14.6. The summed E-state index contributed by atoms with van der Waals surface area (Å²) in [5.41, 5.74) is -1.37. The molecule has 0 atom stereocenters. The average Bonchev–Trinajstić information content (AvgIpc) is 3.04. The van der Waals surface area contributed by atoms with Crippen LogP contribution in [-0.4, -0.2) is 29.6 Å². The molecule has 0 aliphatic carbocycles. The van der Waals surface area contributed by atoms with E-state index in [0.29, 0.717) is 25.9 Å². The van der Waals surface area contributed by atoms with E-state index in [1.165, 1.54) is 167 Å². The molecule has 0 aromatic rings. The van der Waals surface area contributed by atoms with E-state index in [4.69, 9.17) is 9.47 Å². The SMILES string of the molecule is CCCCCCCCCCCCCCCCCC(=O)OC(C)(C)CCOC(C)(C)C(=O)CCCCCCCCCCCCCCCCC. The van der Waals surface area contributed by atoms with Gasteiger partial charge in [-0.05, 0) is 40.5 Å². The first-order valence-electron chi connectivity index (χ1n) is 21.5. The second-order valence-electron chi connectivity index (χ2n) is 16.2. The van der Waals surface area contributed by atoms with Gasteiger partial charge in [-0.2, -0.15) is 0 Å². The summed E-state index contributed by atoms with van der Waals surface area (Å²) in [4.78, 5) is 25.3. The lowest BCUT2D eigenvalue weighted by atomic mass is 9.97. The fourth-order valence-electron chi connectivity index (χ4n) is 6.64. The number of carbonyl (C=O) groups excluding carboxylic acids is 2. The number of hydrogen-bond acceptors (Lipinski definition) is 4. The van der Waals surface area contributed by atoms with E-state index in [1.54, 1.807) is 0 Å². The van der Waals surface area contributed by atoms with Crippen LogP contribution in [0.2, 0.25) is 0 Å². The van der Waals surface area contributed by atoms with E-state index in [1.807, 2.05) is 27.7 Å². The van der Waals surface area contributed by atoms with Crippen molar-refractivity contribution < 1.29 is 19.1 Å². The summed E-state index contributed by atoms with van der Waals surface area (Å²) >= 11 is 0. The first-order valence-corrected chi connectivity index (χ1v) is 21.5.